The summed E-state index contributed by atoms with van der Waals surface area (Å²) >= 11 is 3.53. The summed E-state index contributed by atoms with van der Waals surface area (Å²) in [6.45, 7) is 11.5. The van der Waals surface area contributed by atoms with Crippen LogP contribution in [0.5, 0.6) is 0 Å². The minimum Gasteiger partial charge on any atom is -0.383 e. The molecule has 0 bridgehead atoms. The van der Waals surface area contributed by atoms with Gasteiger partial charge in [0.2, 0.25) is 5.91 Å². The molecule has 9 heteroatoms. The summed E-state index contributed by atoms with van der Waals surface area (Å²) in [7, 11) is 0. The highest BCUT2D eigenvalue weighted by Gasteiger charge is 2.30. The van der Waals surface area contributed by atoms with Crippen LogP contribution >= 0.6 is 15.9 Å². The van der Waals surface area contributed by atoms with Gasteiger partial charge >= 0.3 is 5.69 Å². The molecule has 3 N–H and O–H groups in total. The van der Waals surface area contributed by atoms with Gasteiger partial charge in [0.25, 0.3) is 5.56 Å². The molecule has 1 aromatic carbocycles. The minimum absolute atomic E-state index is 0.0346. The van der Waals surface area contributed by atoms with Crippen LogP contribution in [0.2, 0.25) is 0 Å². The van der Waals surface area contributed by atoms with Crippen molar-refractivity contribution in [3.8, 4) is 0 Å². The lowest BCUT2D eigenvalue weighted by atomic mass is 9.95. The molecule has 0 aliphatic carbocycles. The molecule has 1 aliphatic rings. The Morgan fingerprint density at radius 1 is 1.21 bits per heavy atom. The van der Waals surface area contributed by atoms with Gasteiger partial charge < -0.3 is 10.6 Å². The third-order valence-corrected chi connectivity index (χ3v) is 6.39. The Labute approximate surface area is 202 Å². The van der Waals surface area contributed by atoms with E-state index >= 15 is 0 Å². The Balaban J connectivity index is 1.95. The molecule has 3 rings (SSSR count). The standard InChI is InChI=1S/C24H34BrN5O3/c1-14(2)10-29(21-22(26)30(11-15(3)4)24(33)27-23(21)32)20(31)13-28-12-18-9-19(25)7-6-17(18)8-16(28)5/h6-7,9,14-16H,8,10-13,26H2,1-5H3,(H,27,32,33). The van der Waals surface area contributed by atoms with E-state index in [1.54, 1.807) is 0 Å². The second-order valence-electron chi connectivity index (χ2n) is 9.77. The van der Waals surface area contributed by atoms with Crippen LogP contribution in [0, 0.1) is 11.8 Å². The Bertz CT molecular complexity index is 1140. The first-order valence-corrected chi connectivity index (χ1v) is 12.2. The van der Waals surface area contributed by atoms with Crippen molar-refractivity contribution in [2.75, 3.05) is 23.7 Å². The van der Waals surface area contributed by atoms with Gasteiger partial charge in [-0.3, -0.25) is 24.0 Å². The second kappa shape index (κ2) is 10.3. The van der Waals surface area contributed by atoms with Crippen LogP contribution in [0.4, 0.5) is 11.5 Å². The molecule has 33 heavy (non-hydrogen) atoms. The Hall–Kier alpha value is -2.39. The number of nitrogens with two attached hydrogens (primary N) is 1. The number of rotatable bonds is 7. The summed E-state index contributed by atoms with van der Waals surface area (Å²) in [6.07, 6.45) is 0.849. The summed E-state index contributed by atoms with van der Waals surface area (Å²) in [4.78, 5) is 44.7. The summed E-state index contributed by atoms with van der Waals surface area (Å²) in [6, 6.07) is 6.43. The molecule has 1 unspecified atom stereocenters. The van der Waals surface area contributed by atoms with E-state index in [-0.39, 0.29) is 41.8 Å². The number of nitrogens with one attached hydrogen (secondary N) is 1. The van der Waals surface area contributed by atoms with Gasteiger partial charge in [-0.25, -0.2) is 4.79 Å². The Morgan fingerprint density at radius 3 is 2.55 bits per heavy atom. The van der Waals surface area contributed by atoms with Gasteiger partial charge in [0, 0.05) is 30.1 Å². The third kappa shape index (κ3) is 5.76. The summed E-state index contributed by atoms with van der Waals surface area (Å²) < 4.78 is 2.36. The molecule has 1 aromatic heterocycles. The van der Waals surface area contributed by atoms with Crippen molar-refractivity contribution in [1.29, 1.82) is 0 Å². The predicted molar refractivity (Wildman–Crippen MR) is 135 cm³/mol. The van der Waals surface area contributed by atoms with Crippen molar-refractivity contribution < 1.29 is 4.79 Å². The first-order valence-electron chi connectivity index (χ1n) is 11.4. The fourth-order valence-corrected chi connectivity index (χ4v) is 4.71. The van der Waals surface area contributed by atoms with Crippen LogP contribution in [0.25, 0.3) is 0 Å². The maximum absolute atomic E-state index is 13.6. The van der Waals surface area contributed by atoms with Crippen molar-refractivity contribution >= 4 is 33.3 Å². The zero-order chi connectivity index (χ0) is 24.4. The minimum atomic E-state index is -0.632. The van der Waals surface area contributed by atoms with Crippen LogP contribution in [0.1, 0.15) is 45.7 Å². The largest absolute Gasteiger partial charge is 0.383 e. The summed E-state index contributed by atoms with van der Waals surface area (Å²) in [5, 5.41) is 0. The number of nitrogen functional groups attached to an aromatic ring is 1. The topological polar surface area (TPSA) is 104 Å². The molecule has 0 saturated heterocycles. The molecule has 8 nitrogen and oxygen atoms in total. The molecule has 0 saturated carbocycles. The first-order chi connectivity index (χ1) is 15.5. The molecule has 2 heterocycles. The highest BCUT2D eigenvalue weighted by molar-refractivity contribution is 9.10. The summed E-state index contributed by atoms with van der Waals surface area (Å²) in [5.41, 5.74) is 7.66. The SMILES string of the molecule is CC(C)CN(C(=O)CN1Cc2cc(Br)ccc2CC1C)c1c(N)n(CC(C)C)c(=O)[nH]c1=O. The van der Waals surface area contributed by atoms with Crippen LogP contribution < -0.4 is 21.9 Å². The third-order valence-electron chi connectivity index (χ3n) is 5.90. The lowest BCUT2D eigenvalue weighted by molar-refractivity contribution is -0.120. The number of amides is 1. The van der Waals surface area contributed by atoms with E-state index in [1.165, 1.54) is 20.6 Å². The van der Waals surface area contributed by atoms with Crippen LogP contribution in [-0.2, 0) is 24.3 Å². The lowest BCUT2D eigenvalue weighted by Crippen LogP contribution is -2.49. The maximum Gasteiger partial charge on any atom is 0.330 e. The highest BCUT2D eigenvalue weighted by Crippen LogP contribution is 2.27. The number of nitrogens with zero attached hydrogens (tertiary/aromatic N) is 3. The number of benzene rings is 1. The molecule has 2 aromatic rings. The van der Waals surface area contributed by atoms with Gasteiger partial charge in [-0.15, -0.1) is 0 Å². The van der Waals surface area contributed by atoms with Gasteiger partial charge in [-0.05, 0) is 48.4 Å². The molecule has 0 fully saturated rings. The molecule has 0 radical (unpaired) electrons. The smallest absolute Gasteiger partial charge is 0.330 e. The van der Waals surface area contributed by atoms with E-state index < -0.39 is 11.2 Å². The van der Waals surface area contributed by atoms with E-state index in [9.17, 15) is 14.4 Å². The lowest BCUT2D eigenvalue weighted by Gasteiger charge is -2.36. The average molecular weight is 520 g/mol. The average Bonchev–Trinajstić information content (AvgIpc) is 2.70. The predicted octanol–water partition coefficient (Wildman–Crippen LogP) is 2.97. The monoisotopic (exact) mass is 519 g/mol. The normalized spacial score (nSPS) is 16.3. The van der Waals surface area contributed by atoms with E-state index in [2.05, 4.69) is 44.9 Å². The Kier molecular flexibility index (Phi) is 7.84. The number of aromatic amines is 1. The molecule has 0 spiro atoms. The number of carbonyl (C=O) groups excluding carboxylic acids is 1. The van der Waals surface area contributed by atoms with Crippen molar-refractivity contribution in [1.82, 2.24) is 14.5 Å². The first kappa shape index (κ1) is 25.2. The number of fused-ring (bicyclic) bond motifs is 1. The summed E-state index contributed by atoms with van der Waals surface area (Å²) in [5.74, 6) is 0.0774. The van der Waals surface area contributed by atoms with Crippen molar-refractivity contribution in [2.45, 2.75) is 60.2 Å². The molecular weight excluding hydrogens is 486 g/mol. The zero-order valence-corrected chi connectivity index (χ0v) is 21.6. The second-order valence-corrected chi connectivity index (χ2v) is 10.7. The number of carbonyl (C=O) groups is 1. The molecule has 1 amide bonds. The molecular formula is C24H34BrN5O3. The number of aromatic nitrogens is 2. The van der Waals surface area contributed by atoms with Crippen molar-refractivity contribution in [3.63, 3.8) is 0 Å². The fourth-order valence-electron chi connectivity index (χ4n) is 4.30. The number of hydrogen-bond donors (Lipinski definition) is 2. The molecule has 1 aliphatic heterocycles. The van der Waals surface area contributed by atoms with E-state index in [1.807, 2.05) is 33.8 Å². The Morgan fingerprint density at radius 2 is 1.91 bits per heavy atom. The fraction of sp³-hybridized carbons (Fsp3) is 0.542. The van der Waals surface area contributed by atoms with Crippen molar-refractivity contribution in [2.24, 2.45) is 11.8 Å². The van der Waals surface area contributed by atoms with Gasteiger partial charge in [-0.2, -0.15) is 0 Å². The number of halogens is 1. The van der Waals surface area contributed by atoms with Gasteiger partial charge in [0.15, 0.2) is 5.69 Å². The van der Waals surface area contributed by atoms with Gasteiger partial charge in [0.1, 0.15) is 5.82 Å². The number of H-pyrrole nitrogens is 1. The highest BCUT2D eigenvalue weighted by atomic mass is 79.9. The van der Waals surface area contributed by atoms with Gasteiger partial charge in [0.05, 0.1) is 6.54 Å². The quantitative estimate of drug-likeness (QED) is 0.584. The van der Waals surface area contributed by atoms with Crippen LogP contribution in [0.15, 0.2) is 32.3 Å². The van der Waals surface area contributed by atoms with E-state index in [4.69, 9.17) is 5.73 Å². The number of hydrogen-bond acceptors (Lipinski definition) is 5. The number of anilines is 2. The molecule has 1 atom stereocenters. The molecule has 180 valence electrons. The van der Waals surface area contributed by atoms with Gasteiger partial charge in [-0.1, -0.05) is 49.7 Å². The van der Waals surface area contributed by atoms with E-state index in [0.29, 0.717) is 19.6 Å². The van der Waals surface area contributed by atoms with Crippen molar-refractivity contribution in [3.05, 3.63) is 54.6 Å². The maximum atomic E-state index is 13.6. The van der Waals surface area contributed by atoms with Crippen LogP contribution in [0.3, 0.4) is 0 Å². The zero-order valence-electron chi connectivity index (χ0n) is 20.0. The van der Waals surface area contributed by atoms with Crippen LogP contribution in [-0.4, -0.2) is 39.5 Å². The van der Waals surface area contributed by atoms with E-state index in [0.717, 1.165) is 10.9 Å².